The van der Waals surface area contributed by atoms with E-state index in [1.165, 1.54) is 103 Å². The van der Waals surface area contributed by atoms with Gasteiger partial charge in [-0.25, -0.2) is 0 Å². The van der Waals surface area contributed by atoms with Crippen molar-refractivity contribution in [1.82, 2.24) is 0 Å². The third-order valence-electron chi connectivity index (χ3n) is 5.79. The summed E-state index contributed by atoms with van der Waals surface area (Å²) in [6.45, 7) is 4.54. The van der Waals surface area contributed by atoms with Crippen LogP contribution in [0.5, 0.6) is 0 Å². The van der Waals surface area contributed by atoms with Crippen molar-refractivity contribution in [2.24, 2.45) is 11.8 Å². The third-order valence-corrected chi connectivity index (χ3v) is 5.79. The standard InChI is InChI=1S/C23H44O/c1-3-5-7-9-10-11-12-13-14-15-17-19-23(24)22-20-21(22)18-16-8-6-4-2/h21-22H,3-20H2,1-2H3/t21-,22+/m0/s1. The van der Waals surface area contributed by atoms with Crippen LogP contribution >= 0.6 is 0 Å². The largest absolute Gasteiger partial charge is 0.299 e. The van der Waals surface area contributed by atoms with Crippen LogP contribution in [0, 0.1) is 11.8 Å². The first-order chi connectivity index (χ1) is 11.8. The SMILES string of the molecule is CCCCCCCCCCCCCC(=O)[C@@H]1C[C@@H]1CCCCCC. The average Bonchev–Trinajstić information content (AvgIpc) is 3.36. The van der Waals surface area contributed by atoms with Gasteiger partial charge in [-0.1, -0.05) is 104 Å². The van der Waals surface area contributed by atoms with Crippen molar-refractivity contribution in [3.8, 4) is 0 Å². The summed E-state index contributed by atoms with van der Waals surface area (Å²) in [5, 5.41) is 0. The Morgan fingerprint density at radius 3 is 1.67 bits per heavy atom. The van der Waals surface area contributed by atoms with Crippen molar-refractivity contribution < 1.29 is 4.79 Å². The third kappa shape index (κ3) is 11.3. The molecule has 24 heavy (non-hydrogen) atoms. The number of hydrogen-bond acceptors (Lipinski definition) is 1. The van der Waals surface area contributed by atoms with Gasteiger partial charge in [0.25, 0.3) is 0 Å². The van der Waals surface area contributed by atoms with E-state index in [1.807, 2.05) is 0 Å². The minimum Gasteiger partial charge on any atom is -0.299 e. The maximum atomic E-state index is 12.2. The molecule has 0 N–H and O–H groups in total. The summed E-state index contributed by atoms with van der Waals surface area (Å²) in [7, 11) is 0. The molecule has 1 rings (SSSR count). The number of ketones is 1. The number of carbonyl (C=O) groups excluding carboxylic acids is 1. The van der Waals surface area contributed by atoms with Crippen molar-refractivity contribution in [2.75, 3.05) is 0 Å². The molecule has 1 aliphatic rings. The van der Waals surface area contributed by atoms with Crippen molar-refractivity contribution in [3.05, 3.63) is 0 Å². The second kappa shape index (κ2) is 15.0. The lowest BCUT2D eigenvalue weighted by molar-refractivity contribution is -0.120. The minimum absolute atomic E-state index is 0.467. The van der Waals surface area contributed by atoms with Crippen LogP contribution in [0.4, 0.5) is 0 Å². The molecule has 0 saturated heterocycles. The van der Waals surface area contributed by atoms with Crippen LogP contribution in [0.1, 0.15) is 129 Å². The van der Waals surface area contributed by atoms with E-state index in [-0.39, 0.29) is 0 Å². The molecule has 0 aliphatic heterocycles. The Hall–Kier alpha value is -0.330. The average molecular weight is 337 g/mol. The molecule has 0 aromatic heterocycles. The van der Waals surface area contributed by atoms with Crippen LogP contribution in [0.15, 0.2) is 0 Å². The molecule has 1 nitrogen and oxygen atoms in total. The molecule has 1 aliphatic carbocycles. The summed E-state index contributed by atoms with van der Waals surface area (Å²) < 4.78 is 0. The van der Waals surface area contributed by atoms with Crippen molar-refractivity contribution >= 4 is 5.78 Å². The van der Waals surface area contributed by atoms with E-state index in [0.717, 1.165) is 18.8 Å². The van der Waals surface area contributed by atoms with E-state index in [1.54, 1.807) is 0 Å². The van der Waals surface area contributed by atoms with Gasteiger partial charge in [0.1, 0.15) is 5.78 Å². The van der Waals surface area contributed by atoms with Gasteiger partial charge in [-0.15, -0.1) is 0 Å². The van der Waals surface area contributed by atoms with Crippen molar-refractivity contribution in [1.29, 1.82) is 0 Å². The van der Waals surface area contributed by atoms with E-state index in [4.69, 9.17) is 0 Å². The number of unbranched alkanes of at least 4 members (excludes halogenated alkanes) is 13. The van der Waals surface area contributed by atoms with Crippen LogP contribution in [0.25, 0.3) is 0 Å². The van der Waals surface area contributed by atoms with Crippen LogP contribution in [0.2, 0.25) is 0 Å². The van der Waals surface area contributed by atoms with E-state index in [2.05, 4.69) is 13.8 Å². The zero-order chi connectivity index (χ0) is 17.5. The van der Waals surface area contributed by atoms with E-state index >= 15 is 0 Å². The Morgan fingerprint density at radius 2 is 1.12 bits per heavy atom. The minimum atomic E-state index is 0.467. The van der Waals surface area contributed by atoms with Gasteiger partial charge >= 0.3 is 0 Å². The first-order valence-electron chi connectivity index (χ1n) is 11.3. The van der Waals surface area contributed by atoms with E-state index in [0.29, 0.717) is 11.7 Å². The normalized spacial score (nSPS) is 19.6. The summed E-state index contributed by atoms with van der Waals surface area (Å²) in [4.78, 5) is 12.2. The topological polar surface area (TPSA) is 17.1 Å². The molecule has 0 heterocycles. The van der Waals surface area contributed by atoms with Gasteiger partial charge in [0, 0.05) is 12.3 Å². The lowest BCUT2D eigenvalue weighted by Gasteiger charge is -2.03. The maximum Gasteiger partial charge on any atom is 0.136 e. The van der Waals surface area contributed by atoms with Crippen LogP contribution in [0.3, 0.4) is 0 Å². The molecule has 142 valence electrons. The predicted octanol–water partition coefficient (Wildman–Crippen LogP) is 7.86. The molecular formula is C23H44O. The summed E-state index contributed by atoms with van der Waals surface area (Å²) >= 11 is 0. The predicted molar refractivity (Wildman–Crippen MR) is 106 cm³/mol. The zero-order valence-electron chi connectivity index (χ0n) is 16.8. The summed E-state index contributed by atoms with van der Waals surface area (Å²) in [5.74, 6) is 1.82. The maximum absolute atomic E-state index is 12.2. The Bertz CT molecular complexity index is 296. The summed E-state index contributed by atoms with van der Waals surface area (Å²) in [6, 6.07) is 0. The molecule has 0 bridgehead atoms. The number of carbonyl (C=O) groups is 1. The highest BCUT2D eigenvalue weighted by atomic mass is 16.1. The molecule has 0 amide bonds. The first-order valence-corrected chi connectivity index (χ1v) is 11.3. The molecule has 0 unspecified atom stereocenters. The Labute approximate surface area is 152 Å². The monoisotopic (exact) mass is 336 g/mol. The Balaban J connectivity index is 1.81. The van der Waals surface area contributed by atoms with Gasteiger partial charge in [0.15, 0.2) is 0 Å². The molecule has 1 heteroatoms. The fraction of sp³-hybridized carbons (Fsp3) is 0.957. The number of Topliss-reactive ketones (excluding diaryl/α,β-unsaturated/α-hetero) is 1. The molecular weight excluding hydrogens is 292 g/mol. The van der Waals surface area contributed by atoms with Crippen molar-refractivity contribution in [2.45, 2.75) is 129 Å². The molecule has 0 aromatic carbocycles. The molecule has 1 saturated carbocycles. The molecule has 1 fully saturated rings. The number of hydrogen-bond donors (Lipinski definition) is 0. The van der Waals surface area contributed by atoms with Crippen LogP contribution in [-0.2, 0) is 4.79 Å². The van der Waals surface area contributed by atoms with Crippen LogP contribution < -0.4 is 0 Å². The molecule has 2 atom stereocenters. The first kappa shape index (κ1) is 21.7. The highest BCUT2D eigenvalue weighted by Gasteiger charge is 2.40. The quantitative estimate of drug-likeness (QED) is 0.233. The highest BCUT2D eigenvalue weighted by molar-refractivity contribution is 5.83. The summed E-state index contributed by atoms with van der Waals surface area (Å²) in [5.41, 5.74) is 0. The highest BCUT2D eigenvalue weighted by Crippen LogP contribution is 2.44. The fourth-order valence-corrected chi connectivity index (χ4v) is 3.94. The number of rotatable bonds is 18. The fourth-order valence-electron chi connectivity index (χ4n) is 3.94. The van der Waals surface area contributed by atoms with Gasteiger partial charge in [-0.05, 0) is 25.2 Å². The van der Waals surface area contributed by atoms with Gasteiger partial charge in [-0.2, -0.15) is 0 Å². The Kier molecular flexibility index (Phi) is 13.5. The lowest BCUT2D eigenvalue weighted by atomic mass is 10.0. The van der Waals surface area contributed by atoms with Gasteiger partial charge < -0.3 is 0 Å². The van der Waals surface area contributed by atoms with Gasteiger partial charge in [0.05, 0.1) is 0 Å². The van der Waals surface area contributed by atoms with E-state index in [9.17, 15) is 4.79 Å². The summed E-state index contributed by atoms with van der Waals surface area (Å²) in [6.07, 6.45) is 23.8. The molecule has 0 aromatic rings. The van der Waals surface area contributed by atoms with Gasteiger partial charge in [-0.3, -0.25) is 4.79 Å². The lowest BCUT2D eigenvalue weighted by Crippen LogP contribution is -2.02. The molecule has 0 radical (unpaired) electrons. The second-order valence-electron chi connectivity index (χ2n) is 8.20. The van der Waals surface area contributed by atoms with Gasteiger partial charge in [0.2, 0.25) is 0 Å². The van der Waals surface area contributed by atoms with Crippen molar-refractivity contribution in [3.63, 3.8) is 0 Å². The van der Waals surface area contributed by atoms with Crippen LogP contribution in [-0.4, -0.2) is 5.78 Å². The Morgan fingerprint density at radius 1 is 0.667 bits per heavy atom. The smallest absolute Gasteiger partial charge is 0.136 e. The second-order valence-corrected chi connectivity index (χ2v) is 8.20. The van der Waals surface area contributed by atoms with E-state index < -0.39 is 0 Å². The molecule has 0 spiro atoms. The zero-order valence-corrected chi connectivity index (χ0v) is 16.8.